The molecule has 0 radical (unpaired) electrons. The van der Waals surface area contributed by atoms with E-state index in [1.54, 1.807) is 0 Å². The number of hydrogen-bond acceptors (Lipinski definition) is 2. The summed E-state index contributed by atoms with van der Waals surface area (Å²) in [5.74, 6) is 0.123. The van der Waals surface area contributed by atoms with Gasteiger partial charge < -0.3 is 5.11 Å². The largest absolute Gasteiger partial charge is 0.481 e. The number of carbonyl (C=O) groups is 1. The lowest BCUT2D eigenvalue weighted by Gasteiger charge is -2.36. The van der Waals surface area contributed by atoms with Crippen molar-refractivity contribution in [2.24, 2.45) is 11.8 Å². The van der Waals surface area contributed by atoms with Gasteiger partial charge in [0, 0.05) is 19.6 Å². The third-order valence-corrected chi connectivity index (χ3v) is 5.67. The van der Waals surface area contributed by atoms with E-state index in [4.69, 9.17) is 5.11 Å². The average Bonchev–Trinajstić information content (AvgIpc) is 2.50. The minimum absolute atomic E-state index is 0.161. The Kier molecular flexibility index (Phi) is 5.37. The van der Waals surface area contributed by atoms with Crippen LogP contribution in [0.3, 0.4) is 0 Å². The molecule has 1 saturated carbocycles. The Morgan fingerprint density at radius 2 is 1.96 bits per heavy atom. The zero-order chi connectivity index (χ0) is 16.2. The Balaban J connectivity index is 1.48. The van der Waals surface area contributed by atoms with Crippen LogP contribution in [0.25, 0.3) is 0 Å². The van der Waals surface area contributed by atoms with Crippen LogP contribution in [0.4, 0.5) is 0 Å². The number of aryl methyl sites for hydroxylation is 2. The summed E-state index contributed by atoms with van der Waals surface area (Å²) < 4.78 is 0. The molecule has 0 aromatic heterocycles. The minimum atomic E-state index is -0.657. The van der Waals surface area contributed by atoms with Crippen LogP contribution >= 0.6 is 0 Å². The summed E-state index contributed by atoms with van der Waals surface area (Å²) in [4.78, 5) is 13.1. The summed E-state index contributed by atoms with van der Waals surface area (Å²) in [5, 5.41) is 8.94. The Morgan fingerprint density at radius 3 is 2.61 bits per heavy atom. The normalized spacial score (nSPS) is 20.4. The lowest BCUT2D eigenvalue weighted by molar-refractivity contribution is -0.147. The number of nitrogens with zero attached hydrogens (tertiary/aromatic N) is 1. The molecule has 1 heterocycles. The number of aliphatic carboxylic acids is 1. The maximum Gasteiger partial charge on any atom is 0.309 e. The highest BCUT2D eigenvalue weighted by Crippen LogP contribution is 2.28. The van der Waals surface area contributed by atoms with Crippen LogP contribution in [-0.2, 0) is 17.8 Å². The number of rotatable bonds is 6. The topological polar surface area (TPSA) is 40.5 Å². The number of likely N-dealkylation sites (tertiary alicyclic amines) is 1. The minimum Gasteiger partial charge on any atom is -0.481 e. The van der Waals surface area contributed by atoms with Crippen molar-refractivity contribution >= 4 is 5.97 Å². The molecule has 2 aliphatic rings. The number of carboxylic acid groups (broad SMARTS) is 1. The second-order valence-corrected chi connectivity index (χ2v) is 7.53. The first-order valence-electron chi connectivity index (χ1n) is 9.15. The molecule has 1 aliphatic carbocycles. The smallest absolute Gasteiger partial charge is 0.309 e. The van der Waals surface area contributed by atoms with E-state index in [0.29, 0.717) is 13.1 Å². The number of carboxylic acids is 1. The molecule has 3 heteroatoms. The quantitative estimate of drug-likeness (QED) is 0.862. The van der Waals surface area contributed by atoms with E-state index in [0.717, 1.165) is 12.5 Å². The predicted octanol–water partition coefficient (Wildman–Crippen LogP) is 4.02. The van der Waals surface area contributed by atoms with Gasteiger partial charge in [0.15, 0.2) is 0 Å². The van der Waals surface area contributed by atoms with Gasteiger partial charge in [0.25, 0.3) is 0 Å². The van der Waals surface area contributed by atoms with Crippen molar-refractivity contribution in [1.29, 1.82) is 0 Å². The van der Waals surface area contributed by atoms with Gasteiger partial charge in [0.2, 0.25) is 0 Å². The van der Waals surface area contributed by atoms with Crippen LogP contribution in [-0.4, -0.2) is 29.1 Å². The molecule has 3 nitrogen and oxygen atoms in total. The number of benzene rings is 1. The van der Waals surface area contributed by atoms with E-state index in [1.807, 2.05) is 0 Å². The summed E-state index contributed by atoms with van der Waals surface area (Å²) in [6, 6.07) is 6.82. The molecule has 0 atom stereocenters. The van der Waals surface area contributed by atoms with Gasteiger partial charge in [-0.3, -0.25) is 9.69 Å². The standard InChI is InChI=1S/C20H29NO2/c1-15-11-17(12-21-13-19(14-21)20(22)23)8-10-18(15)9-7-16-5-3-2-4-6-16/h8,10-11,16,19H,2-7,9,12-14H2,1H3,(H,22,23). The lowest BCUT2D eigenvalue weighted by Crippen LogP contribution is -2.49. The van der Waals surface area contributed by atoms with Crippen molar-refractivity contribution in [3.63, 3.8) is 0 Å². The lowest BCUT2D eigenvalue weighted by atomic mass is 9.84. The summed E-state index contributed by atoms with van der Waals surface area (Å²) in [7, 11) is 0. The van der Waals surface area contributed by atoms with E-state index in [1.165, 1.54) is 61.6 Å². The SMILES string of the molecule is Cc1cc(CN2CC(C(=O)O)C2)ccc1CCC1CCCCC1. The molecule has 1 aromatic carbocycles. The van der Waals surface area contributed by atoms with Crippen molar-refractivity contribution in [3.05, 3.63) is 34.9 Å². The van der Waals surface area contributed by atoms with Crippen molar-refractivity contribution in [1.82, 2.24) is 4.90 Å². The molecule has 1 N–H and O–H groups in total. The molecule has 0 unspecified atom stereocenters. The van der Waals surface area contributed by atoms with Gasteiger partial charge >= 0.3 is 5.97 Å². The van der Waals surface area contributed by atoms with Crippen LogP contribution in [0.1, 0.15) is 55.2 Å². The molecule has 1 aliphatic heterocycles. The summed E-state index contributed by atoms with van der Waals surface area (Å²) in [5.41, 5.74) is 4.20. The van der Waals surface area contributed by atoms with Crippen molar-refractivity contribution in [2.45, 2.75) is 58.4 Å². The van der Waals surface area contributed by atoms with Crippen molar-refractivity contribution in [3.8, 4) is 0 Å². The van der Waals surface area contributed by atoms with E-state index in [9.17, 15) is 4.79 Å². The van der Waals surface area contributed by atoms with Gasteiger partial charge in [-0.2, -0.15) is 0 Å². The van der Waals surface area contributed by atoms with Crippen molar-refractivity contribution in [2.75, 3.05) is 13.1 Å². The monoisotopic (exact) mass is 315 g/mol. The van der Waals surface area contributed by atoms with Gasteiger partial charge in [-0.1, -0.05) is 50.3 Å². The number of hydrogen-bond donors (Lipinski definition) is 1. The highest BCUT2D eigenvalue weighted by molar-refractivity contribution is 5.71. The highest BCUT2D eigenvalue weighted by atomic mass is 16.4. The van der Waals surface area contributed by atoms with E-state index >= 15 is 0 Å². The van der Waals surface area contributed by atoms with Crippen molar-refractivity contribution < 1.29 is 9.90 Å². The molecule has 0 amide bonds. The second kappa shape index (κ2) is 7.48. The van der Waals surface area contributed by atoms with Crippen LogP contribution in [0.2, 0.25) is 0 Å². The second-order valence-electron chi connectivity index (χ2n) is 7.53. The molecule has 2 fully saturated rings. The zero-order valence-electron chi connectivity index (χ0n) is 14.3. The van der Waals surface area contributed by atoms with E-state index < -0.39 is 5.97 Å². The fraction of sp³-hybridized carbons (Fsp3) is 0.650. The fourth-order valence-corrected chi connectivity index (χ4v) is 4.09. The molecule has 3 rings (SSSR count). The molecule has 0 bridgehead atoms. The van der Waals surface area contributed by atoms with Gasteiger partial charge in [0.05, 0.1) is 5.92 Å². The van der Waals surface area contributed by atoms with Gasteiger partial charge in [-0.15, -0.1) is 0 Å². The Bertz CT molecular complexity index is 543. The third-order valence-electron chi connectivity index (χ3n) is 5.67. The fourth-order valence-electron chi connectivity index (χ4n) is 4.09. The maximum absolute atomic E-state index is 10.9. The van der Waals surface area contributed by atoms with Crippen LogP contribution in [0.5, 0.6) is 0 Å². The molecule has 0 spiro atoms. The summed E-state index contributed by atoms with van der Waals surface area (Å²) in [6.45, 7) is 4.49. The Labute approximate surface area is 139 Å². The highest BCUT2D eigenvalue weighted by Gasteiger charge is 2.32. The summed E-state index contributed by atoms with van der Waals surface area (Å²) >= 11 is 0. The Hall–Kier alpha value is -1.35. The summed E-state index contributed by atoms with van der Waals surface area (Å²) in [6.07, 6.45) is 9.69. The average molecular weight is 315 g/mol. The molecule has 1 saturated heterocycles. The van der Waals surface area contributed by atoms with Crippen LogP contribution < -0.4 is 0 Å². The molecular formula is C20H29NO2. The van der Waals surface area contributed by atoms with Crippen LogP contribution in [0.15, 0.2) is 18.2 Å². The molecule has 1 aromatic rings. The molecule has 23 heavy (non-hydrogen) atoms. The Morgan fingerprint density at radius 1 is 1.22 bits per heavy atom. The molecule has 126 valence electrons. The zero-order valence-corrected chi connectivity index (χ0v) is 14.3. The first-order chi connectivity index (χ1) is 11.1. The predicted molar refractivity (Wildman–Crippen MR) is 92.5 cm³/mol. The first-order valence-corrected chi connectivity index (χ1v) is 9.15. The van der Waals surface area contributed by atoms with Gasteiger partial charge in [-0.05, 0) is 42.4 Å². The maximum atomic E-state index is 10.9. The molecular weight excluding hydrogens is 286 g/mol. The van der Waals surface area contributed by atoms with E-state index in [-0.39, 0.29) is 5.92 Å². The third kappa shape index (κ3) is 4.35. The van der Waals surface area contributed by atoms with Crippen LogP contribution in [0, 0.1) is 18.8 Å². The first kappa shape index (κ1) is 16.5. The van der Waals surface area contributed by atoms with E-state index in [2.05, 4.69) is 30.0 Å². The van der Waals surface area contributed by atoms with Gasteiger partial charge in [0.1, 0.15) is 0 Å². The van der Waals surface area contributed by atoms with Gasteiger partial charge in [-0.25, -0.2) is 0 Å².